The van der Waals surface area contributed by atoms with Crippen molar-refractivity contribution in [3.05, 3.63) is 107 Å². The molecule has 0 radical (unpaired) electrons. The van der Waals surface area contributed by atoms with Gasteiger partial charge in [0.1, 0.15) is 12.6 Å². The second kappa shape index (κ2) is 7.98. The topological polar surface area (TPSA) is 42.7 Å². The Morgan fingerprint density at radius 2 is 1.50 bits per heavy atom. The fraction of sp³-hybridized carbons (Fsp3) is 0.167. The predicted octanol–water partition coefficient (Wildman–Crippen LogP) is 5.19. The molecule has 28 heavy (non-hydrogen) atoms. The van der Waals surface area contributed by atoms with Crippen LogP contribution in [0.25, 0.3) is 16.0 Å². The van der Waals surface area contributed by atoms with Crippen molar-refractivity contribution in [1.82, 2.24) is 5.32 Å². The molecule has 1 atom stereocenters. The number of rotatable bonds is 5. The minimum Gasteiger partial charge on any atom is -0.449 e. The highest BCUT2D eigenvalue weighted by Gasteiger charge is 2.29. The van der Waals surface area contributed by atoms with Gasteiger partial charge >= 0.3 is 6.09 Å². The molecule has 138 valence electrons. The van der Waals surface area contributed by atoms with Gasteiger partial charge in [0, 0.05) is 5.92 Å². The Morgan fingerprint density at radius 1 is 0.929 bits per heavy atom. The summed E-state index contributed by atoms with van der Waals surface area (Å²) in [6.07, 6.45) is -0.501. The number of amides is 1. The molecule has 4 heteroatoms. The lowest BCUT2D eigenvalue weighted by Gasteiger charge is -2.17. The maximum absolute atomic E-state index is 12.4. The van der Waals surface area contributed by atoms with Gasteiger partial charge in [0.15, 0.2) is 0 Å². The number of benzene rings is 3. The average molecular weight is 368 g/mol. The molecule has 4 nitrogen and oxygen atoms in total. The fourth-order valence-corrected chi connectivity index (χ4v) is 3.79. The highest BCUT2D eigenvalue weighted by Crippen LogP contribution is 2.44. The fourth-order valence-electron chi connectivity index (χ4n) is 3.79. The summed E-state index contributed by atoms with van der Waals surface area (Å²) in [5.41, 5.74) is 5.64. The van der Waals surface area contributed by atoms with E-state index in [4.69, 9.17) is 11.3 Å². The Morgan fingerprint density at radius 3 is 2.11 bits per heavy atom. The van der Waals surface area contributed by atoms with Gasteiger partial charge in [-0.1, -0.05) is 78.9 Å². The van der Waals surface area contributed by atoms with Crippen molar-refractivity contribution in [3.63, 3.8) is 0 Å². The number of hydrogen-bond acceptors (Lipinski definition) is 2. The maximum atomic E-state index is 12.4. The molecule has 0 aromatic heterocycles. The van der Waals surface area contributed by atoms with Gasteiger partial charge in [0.25, 0.3) is 0 Å². The lowest BCUT2D eigenvalue weighted by atomic mass is 9.98. The van der Waals surface area contributed by atoms with Crippen molar-refractivity contribution in [2.45, 2.75) is 12.0 Å². The number of alkyl carbamates (subject to hydrolysis) is 1. The van der Waals surface area contributed by atoms with E-state index in [2.05, 4.69) is 34.4 Å². The van der Waals surface area contributed by atoms with E-state index in [1.807, 2.05) is 54.6 Å². The van der Waals surface area contributed by atoms with Crippen LogP contribution in [0.3, 0.4) is 0 Å². The second-order valence-electron chi connectivity index (χ2n) is 6.77. The standard InChI is InChI=1S/C24H20N2O2/c1-25-15-23(17-9-3-2-4-10-17)26-24(27)28-16-22-20-13-7-5-11-18(20)19-12-6-8-14-21(19)22/h2-14,22-23H,15-16H2,(H,26,27)/t23-/m0/s1. The quantitative estimate of drug-likeness (QED) is 0.630. The largest absolute Gasteiger partial charge is 0.449 e. The number of carbonyl (C=O) groups excluding carboxylic acids is 1. The van der Waals surface area contributed by atoms with Crippen molar-refractivity contribution in [2.75, 3.05) is 13.2 Å². The van der Waals surface area contributed by atoms with Crippen LogP contribution >= 0.6 is 0 Å². The van der Waals surface area contributed by atoms with Gasteiger partial charge in [-0.3, -0.25) is 0 Å². The summed E-state index contributed by atoms with van der Waals surface area (Å²) in [6, 6.07) is 25.6. The molecule has 0 saturated carbocycles. The maximum Gasteiger partial charge on any atom is 0.407 e. The van der Waals surface area contributed by atoms with Gasteiger partial charge < -0.3 is 14.9 Å². The number of carbonyl (C=O) groups is 1. The van der Waals surface area contributed by atoms with Crippen LogP contribution in [0.1, 0.15) is 28.7 Å². The molecule has 0 heterocycles. The Labute approximate surface area is 164 Å². The van der Waals surface area contributed by atoms with E-state index in [0.717, 1.165) is 5.56 Å². The zero-order valence-corrected chi connectivity index (χ0v) is 15.3. The molecule has 1 aliphatic carbocycles. The first-order chi connectivity index (χ1) is 13.8. The zero-order valence-electron chi connectivity index (χ0n) is 15.3. The van der Waals surface area contributed by atoms with Gasteiger partial charge in [-0.2, -0.15) is 0 Å². The SMILES string of the molecule is [C-]#[N+]C[C@H](NC(=O)OCC1c2ccccc2-c2ccccc21)c1ccccc1. The van der Waals surface area contributed by atoms with E-state index in [9.17, 15) is 4.79 Å². The average Bonchev–Trinajstić information content (AvgIpc) is 3.06. The van der Waals surface area contributed by atoms with Gasteiger partial charge in [-0.25, -0.2) is 11.4 Å². The third kappa shape index (κ3) is 3.47. The lowest BCUT2D eigenvalue weighted by Crippen LogP contribution is -2.31. The first-order valence-corrected chi connectivity index (χ1v) is 9.27. The Kier molecular flexibility index (Phi) is 5.07. The monoisotopic (exact) mass is 368 g/mol. The van der Waals surface area contributed by atoms with E-state index < -0.39 is 6.09 Å². The summed E-state index contributed by atoms with van der Waals surface area (Å²) < 4.78 is 5.59. The summed E-state index contributed by atoms with van der Waals surface area (Å²) in [7, 11) is 0. The Balaban J connectivity index is 1.47. The molecule has 0 spiro atoms. The van der Waals surface area contributed by atoms with Crippen molar-refractivity contribution in [1.29, 1.82) is 0 Å². The minimum absolute atomic E-state index is 0.0224. The van der Waals surface area contributed by atoms with E-state index in [-0.39, 0.29) is 25.1 Å². The summed E-state index contributed by atoms with van der Waals surface area (Å²) in [5.74, 6) is 0.0224. The van der Waals surface area contributed by atoms with Crippen molar-refractivity contribution in [2.24, 2.45) is 0 Å². The van der Waals surface area contributed by atoms with Crippen molar-refractivity contribution < 1.29 is 9.53 Å². The van der Waals surface area contributed by atoms with Gasteiger partial charge in [0.2, 0.25) is 6.54 Å². The number of nitrogens with zero attached hydrogens (tertiary/aromatic N) is 1. The van der Waals surface area contributed by atoms with Crippen LogP contribution in [-0.4, -0.2) is 19.2 Å². The predicted molar refractivity (Wildman–Crippen MR) is 109 cm³/mol. The normalized spacial score (nSPS) is 13.1. The molecule has 1 N–H and O–H groups in total. The first-order valence-electron chi connectivity index (χ1n) is 9.27. The minimum atomic E-state index is -0.501. The molecular formula is C24H20N2O2. The second-order valence-corrected chi connectivity index (χ2v) is 6.77. The van der Waals surface area contributed by atoms with Crippen LogP contribution < -0.4 is 5.32 Å². The van der Waals surface area contributed by atoms with Crippen molar-refractivity contribution in [3.8, 4) is 11.1 Å². The lowest BCUT2D eigenvalue weighted by molar-refractivity contribution is 0.139. The Bertz CT molecular complexity index is 979. The summed E-state index contributed by atoms with van der Waals surface area (Å²) in [5, 5.41) is 2.83. The molecule has 0 unspecified atom stereocenters. The summed E-state index contributed by atoms with van der Waals surface area (Å²) in [6.45, 7) is 7.60. The number of ether oxygens (including phenoxy) is 1. The summed E-state index contributed by atoms with van der Waals surface area (Å²) in [4.78, 5) is 15.9. The third-order valence-corrected chi connectivity index (χ3v) is 5.11. The van der Waals surface area contributed by atoms with E-state index in [0.29, 0.717) is 0 Å². The van der Waals surface area contributed by atoms with Gasteiger partial charge in [0.05, 0.1) is 0 Å². The molecular weight excluding hydrogens is 348 g/mol. The molecule has 0 saturated heterocycles. The van der Waals surface area contributed by atoms with Crippen LogP contribution in [0, 0.1) is 6.57 Å². The van der Waals surface area contributed by atoms with Gasteiger partial charge in [-0.15, -0.1) is 0 Å². The molecule has 0 bridgehead atoms. The van der Waals surface area contributed by atoms with Crippen LogP contribution in [0.2, 0.25) is 0 Å². The van der Waals surface area contributed by atoms with Crippen LogP contribution in [0.4, 0.5) is 4.79 Å². The van der Waals surface area contributed by atoms with Crippen LogP contribution in [-0.2, 0) is 4.74 Å². The first kappa shape index (κ1) is 17.8. The van der Waals surface area contributed by atoms with E-state index in [1.54, 1.807) is 0 Å². The molecule has 0 aliphatic heterocycles. The van der Waals surface area contributed by atoms with Gasteiger partial charge in [-0.05, 0) is 27.8 Å². The van der Waals surface area contributed by atoms with E-state index >= 15 is 0 Å². The van der Waals surface area contributed by atoms with E-state index in [1.165, 1.54) is 22.3 Å². The molecule has 0 fully saturated rings. The number of hydrogen-bond donors (Lipinski definition) is 1. The third-order valence-electron chi connectivity index (χ3n) is 5.11. The highest BCUT2D eigenvalue weighted by molar-refractivity contribution is 5.79. The smallest absolute Gasteiger partial charge is 0.407 e. The highest BCUT2D eigenvalue weighted by atomic mass is 16.5. The molecule has 4 rings (SSSR count). The van der Waals surface area contributed by atoms with Crippen LogP contribution in [0.15, 0.2) is 78.9 Å². The van der Waals surface area contributed by atoms with Crippen molar-refractivity contribution >= 4 is 6.09 Å². The zero-order chi connectivity index (χ0) is 19.3. The molecule has 1 amide bonds. The molecule has 1 aliphatic rings. The number of fused-ring (bicyclic) bond motifs is 3. The summed E-state index contributed by atoms with van der Waals surface area (Å²) >= 11 is 0. The molecule has 3 aromatic carbocycles. The Hall–Kier alpha value is -3.58. The number of nitrogens with one attached hydrogen (secondary N) is 1. The van der Waals surface area contributed by atoms with Crippen LogP contribution in [0.5, 0.6) is 0 Å². The molecule has 3 aromatic rings.